The SMILES string of the molecule is Cc1ccc(C)c(CCN(C)CC2(CN)CC2)c1. The van der Waals surface area contributed by atoms with Crippen LogP contribution in [0.5, 0.6) is 0 Å². The van der Waals surface area contributed by atoms with Gasteiger partial charge in [0.25, 0.3) is 0 Å². The first-order valence-electron chi connectivity index (χ1n) is 6.99. The second-order valence-corrected chi connectivity index (χ2v) is 6.12. The van der Waals surface area contributed by atoms with Crippen LogP contribution in [0.1, 0.15) is 29.5 Å². The van der Waals surface area contributed by atoms with Gasteiger partial charge in [-0.25, -0.2) is 0 Å². The van der Waals surface area contributed by atoms with Crippen LogP contribution in [0.25, 0.3) is 0 Å². The van der Waals surface area contributed by atoms with Crippen LogP contribution < -0.4 is 5.73 Å². The van der Waals surface area contributed by atoms with Crippen molar-refractivity contribution in [1.82, 2.24) is 4.90 Å². The molecule has 0 spiro atoms. The van der Waals surface area contributed by atoms with Crippen LogP contribution in [0.4, 0.5) is 0 Å². The van der Waals surface area contributed by atoms with Crippen LogP contribution in [0.3, 0.4) is 0 Å². The highest BCUT2D eigenvalue weighted by atomic mass is 15.1. The summed E-state index contributed by atoms with van der Waals surface area (Å²) in [5, 5.41) is 0. The Morgan fingerprint density at radius 3 is 2.61 bits per heavy atom. The number of aryl methyl sites for hydroxylation is 2. The normalized spacial score (nSPS) is 17.2. The molecule has 0 amide bonds. The fourth-order valence-electron chi connectivity index (χ4n) is 2.64. The molecule has 0 unspecified atom stereocenters. The quantitative estimate of drug-likeness (QED) is 0.835. The van der Waals surface area contributed by atoms with Crippen molar-refractivity contribution in [3.63, 3.8) is 0 Å². The molecular formula is C16H26N2. The van der Waals surface area contributed by atoms with Gasteiger partial charge in [-0.3, -0.25) is 0 Å². The van der Waals surface area contributed by atoms with Crippen molar-refractivity contribution < 1.29 is 0 Å². The van der Waals surface area contributed by atoms with Gasteiger partial charge >= 0.3 is 0 Å². The number of hydrogen-bond acceptors (Lipinski definition) is 2. The molecule has 0 aliphatic heterocycles. The highest BCUT2D eigenvalue weighted by molar-refractivity contribution is 5.30. The predicted octanol–water partition coefficient (Wildman–Crippen LogP) is 2.52. The average molecular weight is 246 g/mol. The largest absolute Gasteiger partial charge is 0.330 e. The lowest BCUT2D eigenvalue weighted by Crippen LogP contribution is -2.32. The zero-order valence-electron chi connectivity index (χ0n) is 12.0. The van der Waals surface area contributed by atoms with Crippen molar-refractivity contribution in [2.45, 2.75) is 33.1 Å². The molecule has 0 atom stereocenters. The lowest BCUT2D eigenvalue weighted by Gasteiger charge is -2.23. The molecule has 0 bridgehead atoms. The first-order valence-corrected chi connectivity index (χ1v) is 6.99. The number of nitrogens with two attached hydrogens (primary N) is 1. The summed E-state index contributed by atoms with van der Waals surface area (Å²) in [6.45, 7) is 7.51. The Labute approximate surface area is 111 Å². The monoisotopic (exact) mass is 246 g/mol. The summed E-state index contributed by atoms with van der Waals surface area (Å²) in [6, 6.07) is 6.74. The highest BCUT2D eigenvalue weighted by Gasteiger charge is 2.41. The lowest BCUT2D eigenvalue weighted by atomic mass is 10.0. The number of nitrogens with zero attached hydrogens (tertiary/aromatic N) is 1. The van der Waals surface area contributed by atoms with Crippen molar-refractivity contribution in [1.29, 1.82) is 0 Å². The van der Waals surface area contributed by atoms with Crippen molar-refractivity contribution in [3.8, 4) is 0 Å². The molecule has 0 saturated heterocycles. The van der Waals surface area contributed by atoms with Gasteiger partial charge in [0.15, 0.2) is 0 Å². The minimum absolute atomic E-state index is 0.455. The highest BCUT2D eigenvalue weighted by Crippen LogP contribution is 2.44. The summed E-state index contributed by atoms with van der Waals surface area (Å²) in [6.07, 6.45) is 3.78. The Morgan fingerprint density at radius 1 is 1.28 bits per heavy atom. The predicted molar refractivity (Wildman–Crippen MR) is 77.8 cm³/mol. The van der Waals surface area contributed by atoms with Crippen LogP contribution in [-0.2, 0) is 6.42 Å². The molecular weight excluding hydrogens is 220 g/mol. The van der Waals surface area contributed by atoms with E-state index in [4.69, 9.17) is 5.73 Å². The van der Waals surface area contributed by atoms with Gasteiger partial charge in [-0.1, -0.05) is 23.8 Å². The summed E-state index contributed by atoms with van der Waals surface area (Å²) >= 11 is 0. The Hall–Kier alpha value is -0.860. The molecule has 2 N–H and O–H groups in total. The molecule has 0 radical (unpaired) electrons. The number of likely N-dealkylation sites (N-methyl/N-ethyl adjacent to an activating group) is 1. The maximum absolute atomic E-state index is 5.84. The van der Waals surface area contributed by atoms with E-state index in [0.717, 1.165) is 26.1 Å². The topological polar surface area (TPSA) is 29.3 Å². The number of hydrogen-bond donors (Lipinski definition) is 1. The van der Waals surface area contributed by atoms with Gasteiger partial charge in [0.1, 0.15) is 0 Å². The van der Waals surface area contributed by atoms with Gasteiger partial charge in [0, 0.05) is 13.1 Å². The van der Waals surface area contributed by atoms with E-state index >= 15 is 0 Å². The van der Waals surface area contributed by atoms with Gasteiger partial charge < -0.3 is 10.6 Å². The van der Waals surface area contributed by atoms with E-state index < -0.39 is 0 Å². The molecule has 2 rings (SSSR count). The molecule has 0 aromatic heterocycles. The average Bonchev–Trinajstić information content (AvgIpc) is 3.11. The zero-order valence-corrected chi connectivity index (χ0v) is 12.0. The van der Waals surface area contributed by atoms with Gasteiger partial charge in [-0.2, -0.15) is 0 Å². The molecule has 1 aromatic carbocycles. The maximum Gasteiger partial charge on any atom is 0.00471 e. The molecule has 100 valence electrons. The second kappa shape index (κ2) is 5.41. The summed E-state index contributed by atoms with van der Waals surface area (Å²) in [5.74, 6) is 0. The third-order valence-electron chi connectivity index (χ3n) is 4.26. The molecule has 2 heteroatoms. The summed E-state index contributed by atoms with van der Waals surface area (Å²) < 4.78 is 0. The first kappa shape index (κ1) is 13.6. The first-order chi connectivity index (χ1) is 8.54. The Kier molecular flexibility index (Phi) is 4.08. The molecule has 2 nitrogen and oxygen atoms in total. The van der Waals surface area contributed by atoms with Gasteiger partial charge in [-0.05, 0) is 63.2 Å². The molecule has 0 heterocycles. The van der Waals surface area contributed by atoms with Crippen molar-refractivity contribution in [3.05, 3.63) is 34.9 Å². The standard InChI is InChI=1S/C16H26N2/c1-13-4-5-14(2)15(10-13)6-9-18(3)12-16(11-17)7-8-16/h4-5,10H,6-9,11-12,17H2,1-3H3. The zero-order chi connectivity index (χ0) is 13.2. The molecule has 1 fully saturated rings. The fraction of sp³-hybridized carbons (Fsp3) is 0.625. The second-order valence-electron chi connectivity index (χ2n) is 6.12. The third-order valence-corrected chi connectivity index (χ3v) is 4.26. The number of benzene rings is 1. The molecule has 1 aliphatic carbocycles. The van der Waals surface area contributed by atoms with Crippen molar-refractivity contribution in [2.24, 2.45) is 11.1 Å². The van der Waals surface area contributed by atoms with E-state index in [9.17, 15) is 0 Å². The molecule has 1 saturated carbocycles. The van der Waals surface area contributed by atoms with Gasteiger partial charge in [0.05, 0.1) is 0 Å². The summed E-state index contributed by atoms with van der Waals surface area (Å²) in [5.41, 5.74) is 10.6. The van der Waals surface area contributed by atoms with Crippen LogP contribution >= 0.6 is 0 Å². The van der Waals surface area contributed by atoms with Crippen LogP contribution in [0.2, 0.25) is 0 Å². The van der Waals surface area contributed by atoms with Crippen LogP contribution in [0, 0.1) is 19.3 Å². The van der Waals surface area contributed by atoms with E-state index in [1.165, 1.54) is 29.5 Å². The summed E-state index contributed by atoms with van der Waals surface area (Å²) in [4.78, 5) is 2.45. The smallest absolute Gasteiger partial charge is 0.00471 e. The van der Waals surface area contributed by atoms with Gasteiger partial charge in [-0.15, -0.1) is 0 Å². The summed E-state index contributed by atoms with van der Waals surface area (Å²) in [7, 11) is 2.22. The molecule has 1 aliphatic rings. The molecule has 1 aromatic rings. The van der Waals surface area contributed by atoms with E-state index in [0.29, 0.717) is 5.41 Å². The molecule has 18 heavy (non-hydrogen) atoms. The number of rotatable bonds is 6. The van der Waals surface area contributed by atoms with E-state index in [2.05, 4.69) is 44.0 Å². The van der Waals surface area contributed by atoms with Crippen molar-refractivity contribution in [2.75, 3.05) is 26.7 Å². The van der Waals surface area contributed by atoms with Crippen LogP contribution in [-0.4, -0.2) is 31.6 Å². The minimum Gasteiger partial charge on any atom is -0.330 e. The fourth-order valence-corrected chi connectivity index (χ4v) is 2.64. The Bertz CT molecular complexity index is 408. The van der Waals surface area contributed by atoms with Crippen LogP contribution in [0.15, 0.2) is 18.2 Å². The van der Waals surface area contributed by atoms with Gasteiger partial charge in [0.2, 0.25) is 0 Å². The Balaban J connectivity index is 1.85. The van der Waals surface area contributed by atoms with E-state index in [-0.39, 0.29) is 0 Å². The maximum atomic E-state index is 5.84. The van der Waals surface area contributed by atoms with E-state index in [1.807, 2.05) is 0 Å². The minimum atomic E-state index is 0.455. The lowest BCUT2D eigenvalue weighted by molar-refractivity contribution is 0.269. The Morgan fingerprint density at radius 2 is 2.00 bits per heavy atom. The van der Waals surface area contributed by atoms with E-state index in [1.54, 1.807) is 0 Å². The third kappa shape index (κ3) is 3.33. The van der Waals surface area contributed by atoms with Crippen molar-refractivity contribution >= 4 is 0 Å².